The predicted octanol–water partition coefficient (Wildman–Crippen LogP) is 5.48. The van der Waals surface area contributed by atoms with Gasteiger partial charge in [-0.25, -0.2) is 0 Å². The van der Waals surface area contributed by atoms with Crippen LogP contribution in [0.3, 0.4) is 0 Å². The van der Waals surface area contributed by atoms with Gasteiger partial charge in [-0.15, -0.1) is 0 Å². The Balaban J connectivity index is 1.57. The molecule has 4 rings (SSSR count). The number of benzene rings is 4. The molecule has 4 aromatic rings. The van der Waals surface area contributed by atoms with Crippen LogP contribution in [0.15, 0.2) is 84.9 Å². The van der Waals surface area contributed by atoms with E-state index in [1.165, 1.54) is 0 Å². The molecule has 0 saturated heterocycles. The van der Waals surface area contributed by atoms with E-state index in [4.69, 9.17) is 5.26 Å². The number of phenols is 1. The van der Waals surface area contributed by atoms with E-state index >= 15 is 0 Å². The highest BCUT2D eigenvalue weighted by atomic mass is 16.3. The molecule has 1 N–H and O–H groups in total. The van der Waals surface area contributed by atoms with Gasteiger partial charge in [0.25, 0.3) is 0 Å². The number of hydrogen-bond donors (Lipinski definition) is 1. The van der Waals surface area contributed by atoms with E-state index in [0.717, 1.165) is 33.0 Å². The zero-order valence-electron chi connectivity index (χ0n) is 14.5. The molecule has 0 aliphatic carbocycles. The minimum absolute atomic E-state index is 0.267. The molecule has 0 heterocycles. The van der Waals surface area contributed by atoms with Crippen LogP contribution in [-0.4, -0.2) is 5.11 Å². The summed E-state index contributed by atoms with van der Waals surface area (Å²) in [4.78, 5) is 0. The van der Waals surface area contributed by atoms with Gasteiger partial charge in [-0.1, -0.05) is 48.2 Å². The molecular weight excluding hydrogens is 330 g/mol. The second kappa shape index (κ2) is 7.08. The maximum atomic E-state index is 9.54. The minimum Gasteiger partial charge on any atom is -0.508 e. The third-order valence-electron chi connectivity index (χ3n) is 4.41. The molecule has 0 saturated carbocycles. The van der Waals surface area contributed by atoms with Gasteiger partial charge >= 0.3 is 0 Å². The first kappa shape index (κ1) is 16.5. The zero-order chi connectivity index (χ0) is 18.6. The third kappa shape index (κ3) is 3.66. The average Bonchev–Trinajstić information content (AvgIpc) is 2.72. The molecule has 0 bridgehead atoms. The summed E-state index contributed by atoms with van der Waals surface area (Å²) in [6.07, 6.45) is 0. The molecule has 0 fully saturated rings. The van der Waals surface area contributed by atoms with Gasteiger partial charge in [0.15, 0.2) is 0 Å². The molecule has 27 heavy (non-hydrogen) atoms. The predicted molar refractivity (Wildman–Crippen MR) is 108 cm³/mol. The van der Waals surface area contributed by atoms with Crippen molar-refractivity contribution in [2.24, 2.45) is 0 Å². The second-order valence-electron chi connectivity index (χ2n) is 6.26. The van der Waals surface area contributed by atoms with Gasteiger partial charge in [-0.05, 0) is 70.4 Å². The molecule has 2 nitrogen and oxygen atoms in total. The molecule has 0 aliphatic rings. The van der Waals surface area contributed by atoms with E-state index in [1.54, 1.807) is 12.1 Å². The molecule has 4 aromatic carbocycles. The summed E-state index contributed by atoms with van der Waals surface area (Å²) in [5.41, 5.74) is 4.70. The zero-order valence-corrected chi connectivity index (χ0v) is 14.5. The van der Waals surface area contributed by atoms with Crippen LogP contribution in [0, 0.1) is 23.2 Å². The Morgan fingerprint density at radius 2 is 1.07 bits per heavy atom. The van der Waals surface area contributed by atoms with Gasteiger partial charge in [-0.3, -0.25) is 0 Å². The van der Waals surface area contributed by atoms with Crippen molar-refractivity contribution in [2.75, 3.05) is 0 Å². The molecular formula is C25H15NO. The lowest BCUT2D eigenvalue weighted by molar-refractivity contribution is 0.476. The van der Waals surface area contributed by atoms with Crippen LogP contribution in [0.5, 0.6) is 5.75 Å². The van der Waals surface area contributed by atoms with E-state index in [-0.39, 0.29) is 5.75 Å². The number of fused-ring (bicyclic) bond motifs is 1. The molecule has 0 aromatic heterocycles. The monoisotopic (exact) mass is 345 g/mol. The first-order chi connectivity index (χ1) is 13.2. The van der Waals surface area contributed by atoms with Gasteiger partial charge < -0.3 is 5.11 Å². The summed E-state index contributed by atoms with van der Waals surface area (Å²) in [6, 6.07) is 29.0. The minimum atomic E-state index is 0.267. The first-order valence-electron chi connectivity index (χ1n) is 8.57. The summed E-state index contributed by atoms with van der Waals surface area (Å²) >= 11 is 0. The number of phenolic OH excluding ortho intramolecular Hbond substituents is 1. The van der Waals surface area contributed by atoms with Crippen molar-refractivity contribution in [3.63, 3.8) is 0 Å². The fourth-order valence-electron chi connectivity index (χ4n) is 2.94. The fourth-order valence-corrected chi connectivity index (χ4v) is 2.94. The lowest BCUT2D eigenvalue weighted by atomic mass is 10.0. The molecule has 2 heteroatoms. The maximum Gasteiger partial charge on any atom is 0.116 e. The van der Waals surface area contributed by atoms with E-state index in [9.17, 15) is 5.11 Å². The van der Waals surface area contributed by atoms with Gasteiger partial charge in [0.05, 0.1) is 11.6 Å². The molecule has 0 amide bonds. The van der Waals surface area contributed by atoms with Crippen LogP contribution in [0.1, 0.15) is 16.7 Å². The second-order valence-corrected chi connectivity index (χ2v) is 6.26. The smallest absolute Gasteiger partial charge is 0.116 e. The Labute approximate surface area is 158 Å². The van der Waals surface area contributed by atoms with Crippen LogP contribution in [0.2, 0.25) is 0 Å². The van der Waals surface area contributed by atoms with E-state index in [0.29, 0.717) is 5.56 Å². The summed E-state index contributed by atoms with van der Waals surface area (Å²) in [6.45, 7) is 0. The van der Waals surface area contributed by atoms with Crippen LogP contribution in [0.4, 0.5) is 0 Å². The van der Waals surface area contributed by atoms with Gasteiger partial charge in [0, 0.05) is 11.1 Å². The number of nitriles is 1. The van der Waals surface area contributed by atoms with Crippen molar-refractivity contribution in [3.8, 4) is 34.8 Å². The normalized spacial score (nSPS) is 10.0. The molecule has 0 atom stereocenters. The Kier molecular flexibility index (Phi) is 4.32. The molecule has 0 spiro atoms. The van der Waals surface area contributed by atoms with E-state index in [2.05, 4.69) is 17.9 Å². The quantitative estimate of drug-likeness (QED) is 0.464. The number of hydrogen-bond acceptors (Lipinski definition) is 2. The number of nitrogens with zero attached hydrogens (tertiary/aromatic N) is 1. The van der Waals surface area contributed by atoms with Gasteiger partial charge in [0.1, 0.15) is 5.75 Å². The Morgan fingerprint density at radius 3 is 1.74 bits per heavy atom. The maximum absolute atomic E-state index is 9.54. The fraction of sp³-hybridized carbons (Fsp3) is 0. The summed E-state index contributed by atoms with van der Waals surface area (Å²) < 4.78 is 0. The van der Waals surface area contributed by atoms with Crippen LogP contribution < -0.4 is 0 Å². The third-order valence-corrected chi connectivity index (χ3v) is 4.41. The Morgan fingerprint density at radius 1 is 0.556 bits per heavy atom. The first-order valence-corrected chi connectivity index (χ1v) is 8.57. The lowest BCUT2D eigenvalue weighted by Gasteiger charge is -2.02. The Hall–Kier alpha value is -4.01. The van der Waals surface area contributed by atoms with Crippen molar-refractivity contribution >= 4 is 10.8 Å². The highest BCUT2D eigenvalue weighted by Crippen LogP contribution is 2.22. The number of aromatic hydroxyl groups is 1. The molecule has 126 valence electrons. The molecule has 0 aliphatic heterocycles. The lowest BCUT2D eigenvalue weighted by Crippen LogP contribution is -1.81. The van der Waals surface area contributed by atoms with E-state index < -0.39 is 0 Å². The summed E-state index contributed by atoms with van der Waals surface area (Å²) in [5, 5.41) is 20.5. The van der Waals surface area contributed by atoms with E-state index in [1.807, 2.05) is 72.8 Å². The highest BCUT2D eigenvalue weighted by molar-refractivity contribution is 5.85. The average molecular weight is 345 g/mol. The topological polar surface area (TPSA) is 44.0 Å². The van der Waals surface area contributed by atoms with Crippen molar-refractivity contribution in [1.82, 2.24) is 0 Å². The molecule has 0 unspecified atom stereocenters. The summed E-state index contributed by atoms with van der Waals surface area (Å²) in [7, 11) is 0. The van der Waals surface area contributed by atoms with Crippen molar-refractivity contribution in [1.29, 1.82) is 5.26 Å². The largest absolute Gasteiger partial charge is 0.508 e. The van der Waals surface area contributed by atoms with Gasteiger partial charge in [-0.2, -0.15) is 5.26 Å². The number of rotatable bonds is 1. The van der Waals surface area contributed by atoms with Gasteiger partial charge in [0.2, 0.25) is 0 Å². The summed E-state index contributed by atoms with van der Waals surface area (Å²) in [5.74, 6) is 6.65. The van der Waals surface area contributed by atoms with Crippen LogP contribution in [-0.2, 0) is 0 Å². The molecule has 0 radical (unpaired) electrons. The van der Waals surface area contributed by atoms with Crippen molar-refractivity contribution < 1.29 is 5.11 Å². The SMILES string of the molecule is N#Cc1ccc(-c2ccc(C#Cc3ccc4cc(O)ccc4c3)cc2)cc1. The highest BCUT2D eigenvalue weighted by Gasteiger charge is 1.99. The standard InChI is InChI=1S/C25H15NO/c26-17-20-6-10-22(11-7-20)21-8-3-18(4-9-21)1-2-19-5-12-24-16-25(27)14-13-23(24)15-19/h3-16,27H. The van der Waals surface area contributed by atoms with Crippen molar-refractivity contribution in [2.45, 2.75) is 0 Å². The van der Waals surface area contributed by atoms with Crippen LogP contribution in [0.25, 0.3) is 21.9 Å². The van der Waals surface area contributed by atoms with Crippen molar-refractivity contribution in [3.05, 3.63) is 102 Å². The van der Waals surface area contributed by atoms with Crippen LogP contribution >= 0.6 is 0 Å². The Bertz CT molecular complexity index is 1220.